The van der Waals surface area contributed by atoms with Crippen molar-refractivity contribution in [3.8, 4) is 11.5 Å². The van der Waals surface area contributed by atoms with E-state index in [0.29, 0.717) is 5.95 Å². The molecule has 0 spiro atoms. The molecule has 0 radical (unpaired) electrons. The highest BCUT2D eigenvalue weighted by Crippen LogP contribution is 2.51. The van der Waals surface area contributed by atoms with Gasteiger partial charge in [-0.2, -0.15) is 10.1 Å². The number of aryl methyl sites for hydroxylation is 2. The molecule has 0 bridgehead atoms. The lowest BCUT2D eigenvalue weighted by Gasteiger charge is -2.39. The number of benzene rings is 3. The van der Waals surface area contributed by atoms with Crippen LogP contribution < -0.4 is 14.8 Å². The van der Waals surface area contributed by atoms with Crippen molar-refractivity contribution >= 4 is 11.6 Å². The minimum absolute atomic E-state index is 0.162. The Balaban J connectivity index is 1.62. The van der Waals surface area contributed by atoms with E-state index in [-0.39, 0.29) is 12.1 Å². The predicted molar refractivity (Wildman–Crippen MR) is 127 cm³/mol. The second kappa shape index (κ2) is 7.52. The van der Waals surface area contributed by atoms with Gasteiger partial charge in [0.2, 0.25) is 5.95 Å². The molecule has 0 unspecified atom stereocenters. The van der Waals surface area contributed by atoms with E-state index in [9.17, 15) is 0 Å². The lowest BCUT2D eigenvalue weighted by molar-refractivity contribution is 0.222. The topological polar surface area (TPSA) is 61.2 Å². The van der Waals surface area contributed by atoms with Crippen molar-refractivity contribution in [3.63, 3.8) is 0 Å². The van der Waals surface area contributed by atoms with Crippen LogP contribution in [0.1, 0.15) is 40.0 Å². The molecule has 2 atom stereocenters. The fraction of sp³-hybridized carbons (Fsp3) is 0.185. The molecule has 0 saturated heterocycles. The highest BCUT2D eigenvalue weighted by molar-refractivity contribution is 5.85. The molecule has 0 fully saturated rings. The molecule has 3 heterocycles. The van der Waals surface area contributed by atoms with Gasteiger partial charge in [-0.05, 0) is 43.2 Å². The fourth-order valence-corrected chi connectivity index (χ4v) is 4.66. The molecule has 6 nitrogen and oxygen atoms in total. The lowest BCUT2D eigenvalue weighted by atomic mass is 9.84. The number of anilines is 1. The smallest absolute Gasteiger partial charge is 0.226 e. The molecule has 1 N–H and O–H groups in total. The number of nitrogens with zero attached hydrogens (tertiary/aromatic N) is 3. The minimum Gasteiger partial charge on any atom is -0.497 e. The van der Waals surface area contributed by atoms with E-state index in [1.165, 1.54) is 11.1 Å². The molecule has 4 aromatic rings. The maximum atomic E-state index is 6.68. The van der Waals surface area contributed by atoms with Crippen LogP contribution in [0.3, 0.4) is 0 Å². The largest absolute Gasteiger partial charge is 0.497 e. The van der Waals surface area contributed by atoms with Crippen LogP contribution in [0.15, 0.2) is 78.6 Å². The Bertz CT molecular complexity index is 1370. The summed E-state index contributed by atoms with van der Waals surface area (Å²) in [5, 5.41) is 8.13. The summed E-state index contributed by atoms with van der Waals surface area (Å²) < 4.78 is 14.1. The van der Waals surface area contributed by atoms with E-state index in [4.69, 9.17) is 9.47 Å². The van der Waals surface area contributed by atoms with Gasteiger partial charge >= 0.3 is 0 Å². The van der Waals surface area contributed by atoms with Crippen LogP contribution in [0.5, 0.6) is 11.5 Å². The maximum absolute atomic E-state index is 6.68. The van der Waals surface area contributed by atoms with Crippen LogP contribution in [0.2, 0.25) is 0 Å². The number of methoxy groups -OCH3 is 1. The SMILES string of the molecule is COc1ccc2c(c1)C1=C([C@H](c3ccc(C)cc3)O2)[C@@H](c2ccc(C)cc2)n2ncnc2N1. The van der Waals surface area contributed by atoms with Crippen molar-refractivity contribution < 1.29 is 9.47 Å². The first-order valence-corrected chi connectivity index (χ1v) is 11.0. The Morgan fingerprint density at radius 1 is 0.909 bits per heavy atom. The summed E-state index contributed by atoms with van der Waals surface area (Å²) in [6, 6.07) is 22.9. The number of fused-ring (bicyclic) bond motifs is 3. The number of hydrogen-bond donors (Lipinski definition) is 1. The van der Waals surface area contributed by atoms with Gasteiger partial charge in [-0.15, -0.1) is 0 Å². The molecule has 3 aromatic carbocycles. The zero-order valence-corrected chi connectivity index (χ0v) is 18.7. The first-order chi connectivity index (χ1) is 16.1. The molecule has 2 aliphatic heterocycles. The van der Waals surface area contributed by atoms with Gasteiger partial charge in [0.05, 0.1) is 12.8 Å². The summed E-state index contributed by atoms with van der Waals surface area (Å²) in [4.78, 5) is 4.50. The zero-order valence-electron chi connectivity index (χ0n) is 18.7. The Hall–Kier alpha value is -4.06. The van der Waals surface area contributed by atoms with Gasteiger partial charge in [0.25, 0.3) is 0 Å². The van der Waals surface area contributed by atoms with Crippen LogP contribution in [0.25, 0.3) is 5.70 Å². The van der Waals surface area contributed by atoms with E-state index in [2.05, 4.69) is 77.8 Å². The Kier molecular flexibility index (Phi) is 4.47. The van der Waals surface area contributed by atoms with E-state index in [1.54, 1.807) is 13.4 Å². The number of aromatic nitrogens is 3. The Morgan fingerprint density at radius 2 is 1.61 bits per heavy atom. The van der Waals surface area contributed by atoms with E-state index in [0.717, 1.165) is 39.5 Å². The van der Waals surface area contributed by atoms with Crippen molar-refractivity contribution in [1.29, 1.82) is 0 Å². The lowest BCUT2D eigenvalue weighted by Crippen LogP contribution is -2.32. The molecule has 6 rings (SSSR count). The molecular formula is C27H24N4O2. The van der Waals surface area contributed by atoms with Gasteiger partial charge in [-0.1, -0.05) is 59.7 Å². The highest BCUT2D eigenvalue weighted by Gasteiger charge is 2.41. The average molecular weight is 437 g/mol. The summed E-state index contributed by atoms with van der Waals surface area (Å²) in [6.45, 7) is 4.19. The van der Waals surface area contributed by atoms with Gasteiger partial charge in [-0.25, -0.2) is 4.68 Å². The molecule has 6 heteroatoms. The van der Waals surface area contributed by atoms with E-state index >= 15 is 0 Å². The Labute approximate surface area is 192 Å². The third-order valence-electron chi connectivity index (χ3n) is 6.39. The van der Waals surface area contributed by atoms with Crippen molar-refractivity contribution in [1.82, 2.24) is 14.8 Å². The second-order valence-corrected chi connectivity index (χ2v) is 8.57. The number of nitrogens with one attached hydrogen (secondary N) is 1. The second-order valence-electron chi connectivity index (χ2n) is 8.57. The van der Waals surface area contributed by atoms with Crippen molar-refractivity contribution in [2.75, 3.05) is 12.4 Å². The van der Waals surface area contributed by atoms with Crippen molar-refractivity contribution in [2.45, 2.75) is 26.0 Å². The van der Waals surface area contributed by atoms with Gasteiger partial charge in [0, 0.05) is 11.1 Å². The quantitative estimate of drug-likeness (QED) is 0.462. The third kappa shape index (κ3) is 3.18. The van der Waals surface area contributed by atoms with Crippen molar-refractivity contribution in [2.24, 2.45) is 0 Å². The van der Waals surface area contributed by atoms with E-state index < -0.39 is 0 Å². The first-order valence-electron chi connectivity index (χ1n) is 11.0. The predicted octanol–water partition coefficient (Wildman–Crippen LogP) is 5.46. The monoisotopic (exact) mass is 436 g/mol. The average Bonchev–Trinajstić information content (AvgIpc) is 3.31. The summed E-state index contributed by atoms with van der Waals surface area (Å²) in [6.07, 6.45) is 1.31. The molecule has 0 saturated carbocycles. The third-order valence-corrected chi connectivity index (χ3v) is 6.39. The van der Waals surface area contributed by atoms with Gasteiger partial charge in [-0.3, -0.25) is 0 Å². The maximum Gasteiger partial charge on any atom is 0.226 e. The molecule has 2 aliphatic rings. The van der Waals surface area contributed by atoms with Crippen LogP contribution in [0, 0.1) is 13.8 Å². The summed E-state index contributed by atoms with van der Waals surface area (Å²) >= 11 is 0. The fourth-order valence-electron chi connectivity index (χ4n) is 4.66. The van der Waals surface area contributed by atoms with Crippen LogP contribution >= 0.6 is 0 Å². The minimum atomic E-state index is -0.280. The van der Waals surface area contributed by atoms with E-state index in [1.807, 2.05) is 22.9 Å². The molecular weight excluding hydrogens is 412 g/mol. The number of rotatable bonds is 3. The molecule has 164 valence electrons. The van der Waals surface area contributed by atoms with Gasteiger partial charge in [0.15, 0.2) is 0 Å². The van der Waals surface area contributed by atoms with Gasteiger partial charge < -0.3 is 14.8 Å². The van der Waals surface area contributed by atoms with Gasteiger partial charge in [0.1, 0.15) is 30.0 Å². The molecule has 0 amide bonds. The summed E-state index contributed by atoms with van der Waals surface area (Å²) in [5.74, 6) is 2.29. The number of hydrogen-bond acceptors (Lipinski definition) is 5. The summed E-state index contributed by atoms with van der Waals surface area (Å²) in [7, 11) is 1.68. The van der Waals surface area contributed by atoms with Crippen molar-refractivity contribution in [3.05, 3.63) is 106 Å². The highest BCUT2D eigenvalue weighted by atomic mass is 16.5. The first kappa shape index (κ1) is 19.6. The Morgan fingerprint density at radius 3 is 2.30 bits per heavy atom. The normalized spacial score (nSPS) is 18.5. The van der Waals surface area contributed by atoms with Crippen LogP contribution in [-0.4, -0.2) is 21.9 Å². The van der Waals surface area contributed by atoms with Crippen LogP contribution in [-0.2, 0) is 0 Å². The number of ether oxygens (including phenoxy) is 2. The standard InChI is InChI=1S/C27H24N4O2/c1-16-4-8-18(9-5-16)25-23-24(30-27-28-15-29-31(25)27)21-14-20(32-3)12-13-22(21)33-26(23)19-10-6-17(2)7-11-19/h4-15,25-26H,1-3H3,(H,28,29,30)/t25-,26+/m1/s1. The molecule has 0 aliphatic carbocycles. The van der Waals surface area contributed by atoms with Crippen LogP contribution in [0.4, 0.5) is 5.95 Å². The zero-order chi connectivity index (χ0) is 22.5. The summed E-state index contributed by atoms with van der Waals surface area (Å²) in [5.41, 5.74) is 7.70. The molecule has 33 heavy (non-hydrogen) atoms. The molecule has 1 aromatic heterocycles.